The van der Waals surface area contributed by atoms with Gasteiger partial charge in [0.2, 0.25) is 0 Å². The van der Waals surface area contributed by atoms with Gasteiger partial charge in [0.05, 0.1) is 10.6 Å². The van der Waals surface area contributed by atoms with E-state index in [1.165, 1.54) is 11.8 Å². The maximum absolute atomic E-state index is 12.2. The molecule has 0 atom stereocenters. The fourth-order valence-corrected chi connectivity index (χ4v) is 3.08. The second kappa shape index (κ2) is 7.85. The van der Waals surface area contributed by atoms with Gasteiger partial charge in [-0.3, -0.25) is 4.79 Å². The predicted octanol–water partition coefficient (Wildman–Crippen LogP) is 4.45. The number of nitrogens with zero attached hydrogens (tertiary/aromatic N) is 1. The number of aliphatic imine (C=N–C) groups is 1. The number of thioether (sulfide) groups is 1. The lowest BCUT2D eigenvalue weighted by atomic mass is 10.2. The maximum atomic E-state index is 12.2. The molecule has 0 radical (unpaired) electrons. The number of ether oxygens (including phenoxy) is 1. The molecule has 5 heteroatoms. The second-order valence-electron chi connectivity index (χ2n) is 5.44. The molecule has 1 aliphatic heterocycles. The van der Waals surface area contributed by atoms with Crippen molar-refractivity contribution in [1.82, 2.24) is 5.32 Å². The predicted molar refractivity (Wildman–Crippen MR) is 104 cm³/mol. The van der Waals surface area contributed by atoms with Crippen molar-refractivity contribution in [2.24, 2.45) is 4.99 Å². The van der Waals surface area contributed by atoms with Crippen molar-refractivity contribution in [1.29, 1.82) is 0 Å². The summed E-state index contributed by atoms with van der Waals surface area (Å²) in [5.74, 6) is 0.636. The Morgan fingerprint density at radius 1 is 1.20 bits per heavy atom. The van der Waals surface area contributed by atoms with Crippen LogP contribution >= 0.6 is 11.8 Å². The van der Waals surface area contributed by atoms with Crippen LogP contribution < -0.4 is 10.1 Å². The average molecular weight is 350 g/mol. The third-order valence-electron chi connectivity index (χ3n) is 3.53. The fourth-order valence-electron chi connectivity index (χ4n) is 2.25. The molecule has 0 saturated carbocycles. The Labute approximate surface area is 151 Å². The Morgan fingerprint density at radius 2 is 1.96 bits per heavy atom. The van der Waals surface area contributed by atoms with E-state index in [1.807, 2.05) is 61.5 Å². The van der Waals surface area contributed by atoms with Crippen molar-refractivity contribution in [3.63, 3.8) is 0 Å². The van der Waals surface area contributed by atoms with Gasteiger partial charge in [0.25, 0.3) is 5.91 Å². The molecular weight excluding hydrogens is 332 g/mol. The highest BCUT2D eigenvalue weighted by atomic mass is 32.2. The highest BCUT2D eigenvalue weighted by molar-refractivity contribution is 8.18. The summed E-state index contributed by atoms with van der Waals surface area (Å²) in [6.45, 7) is 6.08. The molecule has 126 valence electrons. The lowest BCUT2D eigenvalue weighted by Gasteiger charge is -2.03. The number of para-hydroxylation sites is 1. The fraction of sp³-hybridized carbons (Fsp3) is 0.100. The Balaban J connectivity index is 1.75. The van der Waals surface area contributed by atoms with Gasteiger partial charge < -0.3 is 10.1 Å². The quantitative estimate of drug-likeness (QED) is 0.640. The molecule has 0 aliphatic carbocycles. The molecule has 0 bridgehead atoms. The Kier molecular flexibility index (Phi) is 5.36. The standard InChI is InChI=1S/C20H18N2O2S/c1-3-12-24-16-10-8-15(9-11-16)13-18-19(23)22-20(25-18)21-17-7-5-4-6-14(17)2/h3-11,13H,1,12H2,2H3,(H,21,22,23)/b18-13+. The molecule has 0 unspecified atom stereocenters. The first-order chi connectivity index (χ1) is 12.2. The van der Waals surface area contributed by atoms with E-state index in [4.69, 9.17) is 4.74 Å². The van der Waals surface area contributed by atoms with Crippen LogP contribution in [0.5, 0.6) is 5.75 Å². The number of carbonyl (C=O) groups is 1. The molecule has 1 heterocycles. The molecule has 2 aromatic carbocycles. The van der Waals surface area contributed by atoms with Crippen LogP contribution in [0.2, 0.25) is 0 Å². The number of rotatable bonds is 5. The minimum absolute atomic E-state index is 0.135. The second-order valence-corrected chi connectivity index (χ2v) is 6.47. The van der Waals surface area contributed by atoms with E-state index in [-0.39, 0.29) is 5.91 Å². The first kappa shape index (κ1) is 17.0. The van der Waals surface area contributed by atoms with Gasteiger partial charge in [-0.15, -0.1) is 0 Å². The van der Waals surface area contributed by atoms with Crippen molar-refractivity contribution in [2.45, 2.75) is 6.92 Å². The number of hydrogen-bond donors (Lipinski definition) is 1. The summed E-state index contributed by atoms with van der Waals surface area (Å²) < 4.78 is 5.45. The number of amides is 1. The first-order valence-corrected chi connectivity index (χ1v) is 8.66. The van der Waals surface area contributed by atoms with Crippen molar-refractivity contribution < 1.29 is 9.53 Å². The summed E-state index contributed by atoms with van der Waals surface area (Å²) in [6, 6.07) is 15.4. The van der Waals surface area contributed by atoms with E-state index in [9.17, 15) is 4.79 Å². The van der Waals surface area contributed by atoms with E-state index in [2.05, 4.69) is 16.9 Å². The lowest BCUT2D eigenvalue weighted by molar-refractivity contribution is -0.115. The SMILES string of the molecule is C=CCOc1ccc(/C=C2/SC(=Nc3ccccc3C)NC2=O)cc1. The zero-order valence-corrected chi connectivity index (χ0v) is 14.7. The monoisotopic (exact) mass is 350 g/mol. The van der Waals surface area contributed by atoms with Crippen LogP contribution in [0.25, 0.3) is 6.08 Å². The number of aryl methyl sites for hydroxylation is 1. The maximum Gasteiger partial charge on any atom is 0.264 e. The molecule has 1 fully saturated rings. The van der Waals surface area contributed by atoms with Crippen LogP contribution in [0.4, 0.5) is 5.69 Å². The molecule has 0 aromatic heterocycles. The Morgan fingerprint density at radius 3 is 2.68 bits per heavy atom. The van der Waals surface area contributed by atoms with E-state index in [1.54, 1.807) is 6.08 Å². The third kappa shape index (κ3) is 4.39. The van der Waals surface area contributed by atoms with Crippen LogP contribution in [0.3, 0.4) is 0 Å². The van der Waals surface area contributed by atoms with Gasteiger partial charge in [-0.2, -0.15) is 0 Å². The normalized spacial score (nSPS) is 16.9. The minimum Gasteiger partial charge on any atom is -0.490 e. The summed E-state index contributed by atoms with van der Waals surface area (Å²) in [5, 5.41) is 3.40. The minimum atomic E-state index is -0.135. The molecule has 2 aromatic rings. The third-order valence-corrected chi connectivity index (χ3v) is 4.44. The summed E-state index contributed by atoms with van der Waals surface area (Å²) in [6.07, 6.45) is 3.54. The number of carbonyl (C=O) groups excluding carboxylic acids is 1. The van der Waals surface area contributed by atoms with Crippen molar-refractivity contribution >= 4 is 34.6 Å². The van der Waals surface area contributed by atoms with Crippen LogP contribution in [0.1, 0.15) is 11.1 Å². The largest absolute Gasteiger partial charge is 0.490 e. The van der Waals surface area contributed by atoms with E-state index < -0.39 is 0 Å². The highest BCUT2D eigenvalue weighted by Crippen LogP contribution is 2.29. The molecular formula is C20H18N2O2S. The summed E-state index contributed by atoms with van der Waals surface area (Å²) in [5.41, 5.74) is 2.86. The van der Waals surface area contributed by atoms with Gasteiger partial charge in [0.1, 0.15) is 12.4 Å². The van der Waals surface area contributed by atoms with E-state index in [0.29, 0.717) is 16.7 Å². The summed E-state index contributed by atoms with van der Waals surface area (Å²) >= 11 is 1.34. The Bertz CT molecular complexity index is 854. The van der Waals surface area contributed by atoms with Crippen LogP contribution in [0, 0.1) is 6.92 Å². The molecule has 1 N–H and O–H groups in total. The van der Waals surface area contributed by atoms with Crippen molar-refractivity contribution in [2.75, 3.05) is 6.61 Å². The Hall–Kier alpha value is -2.79. The summed E-state index contributed by atoms with van der Waals surface area (Å²) in [7, 11) is 0. The number of nitrogens with one attached hydrogen (secondary N) is 1. The molecule has 0 spiro atoms. The van der Waals surface area contributed by atoms with Crippen LogP contribution in [-0.4, -0.2) is 17.7 Å². The van der Waals surface area contributed by atoms with Gasteiger partial charge in [-0.1, -0.05) is 43.0 Å². The van der Waals surface area contributed by atoms with Gasteiger partial charge in [-0.25, -0.2) is 4.99 Å². The van der Waals surface area contributed by atoms with Crippen molar-refractivity contribution in [3.05, 3.63) is 77.2 Å². The zero-order valence-electron chi connectivity index (χ0n) is 13.9. The molecule has 1 amide bonds. The average Bonchev–Trinajstić information content (AvgIpc) is 2.95. The van der Waals surface area contributed by atoms with Gasteiger partial charge in [0, 0.05) is 0 Å². The van der Waals surface area contributed by atoms with E-state index in [0.717, 1.165) is 22.6 Å². The lowest BCUT2D eigenvalue weighted by Crippen LogP contribution is -2.19. The highest BCUT2D eigenvalue weighted by Gasteiger charge is 2.23. The molecule has 4 nitrogen and oxygen atoms in total. The van der Waals surface area contributed by atoms with Gasteiger partial charge in [-0.05, 0) is 54.1 Å². The van der Waals surface area contributed by atoms with E-state index >= 15 is 0 Å². The molecule has 1 saturated heterocycles. The first-order valence-electron chi connectivity index (χ1n) is 7.84. The summed E-state index contributed by atoms with van der Waals surface area (Å²) in [4.78, 5) is 17.3. The zero-order chi connectivity index (χ0) is 17.6. The number of hydrogen-bond acceptors (Lipinski definition) is 4. The van der Waals surface area contributed by atoms with Gasteiger partial charge in [0.15, 0.2) is 5.17 Å². The van der Waals surface area contributed by atoms with Crippen LogP contribution in [-0.2, 0) is 4.79 Å². The molecule has 3 rings (SSSR count). The molecule has 25 heavy (non-hydrogen) atoms. The van der Waals surface area contributed by atoms with Crippen LogP contribution in [0.15, 0.2) is 71.1 Å². The smallest absolute Gasteiger partial charge is 0.264 e. The number of amidine groups is 1. The number of benzene rings is 2. The molecule has 1 aliphatic rings. The topological polar surface area (TPSA) is 50.7 Å². The van der Waals surface area contributed by atoms with Crippen molar-refractivity contribution in [3.8, 4) is 5.75 Å². The van der Waals surface area contributed by atoms with Gasteiger partial charge >= 0.3 is 0 Å².